The highest BCUT2D eigenvalue weighted by atomic mass is 16.5. The molecule has 0 atom stereocenters. The highest BCUT2D eigenvalue weighted by molar-refractivity contribution is 5.48. The number of ether oxygens (including phenoxy) is 1. The van der Waals surface area contributed by atoms with Crippen molar-refractivity contribution in [3.05, 3.63) is 11.4 Å². The Bertz CT molecular complexity index is 367. The molecule has 0 saturated carbocycles. The topological polar surface area (TPSA) is 67.3 Å². The average Bonchev–Trinajstić information content (AvgIpc) is 2.31. The fraction of sp³-hybridized carbons (Fsp3) is 0.667. The van der Waals surface area contributed by atoms with Crippen LogP contribution >= 0.6 is 0 Å². The van der Waals surface area contributed by atoms with Gasteiger partial charge in [-0.15, -0.1) is 0 Å². The van der Waals surface area contributed by atoms with E-state index >= 15 is 0 Å². The third kappa shape index (κ3) is 3.56. The van der Waals surface area contributed by atoms with Crippen molar-refractivity contribution in [2.24, 2.45) is 0 Å². The normalized spacial score (nSPS) is 10.7. The molecule has 5 heteroatoms. The van der Waals surface area contributed by atoms with Gasteiger partial charge in [-0.05, 0) is 6.92 Å². The number of nitrogens with zero attached hydrogens (tertiary/aromatic N) is 2. The summed E-state index contributed by atoms with van der Waals surface area (Å²) >= 11 is 0. The minimum Gasteiger partial charge on any atom is -0.477 e. The monoisotopic (exact) mass is 239 g/mol. The summed E-state index contributed by atoms with van der Waals surface area (Å²) in [6.45, 7) is 6.60. The predicted molar refractivity (Wildman–Crippen MR) is 67.6 cm³/mol. The molecule has 0 radical (unpaired) electrons. The van der Waals surface area contributed by atoms with E-state index in [4.69, 9.17) is 9.84 Å². The zero-order chi connectivity index (χ0) is 12.8. The van der Waals surface area contributed by atoms with E-state index in [9.17, 15) is 0 Å². The van der Waals surface area contributed by atoms with Crippen LogP contribution in [0.15, 0.2) is 0 Å². The highest BCUT2D eigenvalue weighted by Crippen LogP contribution is 2.24. The molecule has 5 nitrogen and oxygen atoms in total. The zero-order valence-corrected chi connectivity index (χ0v) is 10.9. The van der Waals surface area contributed by atoms with Crippen LogP contribution in [0.5, 0.6) is 5.88 Å². The Morgan fingerprint density at radius 3 is 2.59 bits per heavy atom. The molecule has 17 heavy (non-hydrogen) atoms. The quantitative estimate of drug-likeness (QED) is 0.740. The Morgan fingerprint density at radius 1 is 1.35 bits per heavy atom. The molecule has 0 unspecified atom stereocenters. The molecule has 0 aromatic carbocycles. The van der Waals surface area contributed by atoms with Gasteiger partial charge in [-0.1, -0.05) is 13.8 Å². The van der Waals surface area contributed by atoms with Gasteiger partial charge in [0.15, 0.2) is 0 Å². The summed E-state index contributed by atoms with van der Waals surface area (Å²) in [7, 11) is 1.83. The first-order chi connectivity index (χ1) is 8.10. The first kappa shape index (κ1) is 13.7. The van der Waals surface area contributed by atoms with Gasteiger partial charge in [0, 0.05) is 26.0 Å². The van der Waals surface area contributed by atoms with Crippen LogP contribution in [-0.2, 0) is 0 Å². The number of rotatable bonds is 6. The van der Waals surface area contributed by atoms with Crippen molar-refractivity contribution in [3.63, 3.8) is 0 Å². The van der Waals surface area contributed by atoms with E-state index in [0.29, 0.717) is 18.9 Å². The summed E-state index contributed by atoms with van der Waals surface area (Å²) in [5, 5.41) is 11.8. The smallest absolute Gasteiger partial charge is 0.221 e. The van der Waals surface area contributed by atoms with E-state index in [1.807, 2.05) is 27.8 Å². The minimum atomic E-state index is 0.125. The molecule has 1 aromatic rings. The first-order valence-corrected chi connectivity index (χ1v) is 5.90. The second-order valence-electron chi connectivity index (χ2n) is 4.19. The van der Waals surface area contributed by atoms with Gasteiger partial charge < -0.3 is 15.2 Å². The molecule has 0 fully saturated rings. The molecule has 0 saturated heterocycles. The van der Waals surface area contributed by atoms with E-state index in [1.54, 1.807) is 0 Å². The maximum atomic E-state index is 8.73. The Labute approximate surface area is 102 Å². The Morgan fingerprint density at radius 2 is 2.06 bits per heavy atom. The Balaban J connectivity index is 2.96. The second kappa shape index (κ2) is 6.39. The van der Waals surface area contributed by atoms with Crippen LogP contribution < -0.4 is 10.1 Å². The zero-order valence-electron chi connectivity index (χ0n) is 10.9. The average molecular weight is 239 g/mol. The number of aromatic nitrogens is 2. The number of aliphatic hydroxyl groups is 1. The van der Waals surface area contributed by atoms with Gasteiger partial charge in [0.25, 0.3) is 0 Å². The predicted octanol–water partition coefficient (Wildman–Crippen LogP) is 1.71. The molecule has 0 aliphatic carbocycles. The van der Waals surface area contributed by atoms with Crippen LogP contribution in [-0.4, -0.2) is 35.3 Å². The molecule has 0 aliphatic heterocycles. The third-order valence-corrected chi connectivity index (χ3v) is 2.41. The van der Waals surface area contributed by atoms with Crippen LogP contribution in [0.25, 0.3) is 0 Å². The lowest BCUT2D eigenvalue weighted by Gasteiger charge is -2.14. The number of nitrogens with one attached hydrogen (secondary N) is 1. The van der Waals surface area contributed by atoms with Crippen LogP contribution in [0.4, 0.5) is 5.82 Å². The molecule has 0 aliphatic rings. The molecule has 2 N–H and O–H groups in total. The number of hydrogen-bond donors (Lipinski definition) is 2. The largest absolute Gasteiger partial charge is 0.477 e. The molecule has 0 amide bonds. The van der Waals surface area contributed by atoms with Crippen molar-refractivity contribution >= 4 is 5.82 Å². The van der Waals surface area contributed by atoms with E-state index in [1.165, 1.54) is 0 Å². The minimum absolute atomic E-state index is 0.125. The van der Waals surface area contributed by atoms with E-state index in [-0.39, 0.29) is 12.5 Å². The van der Waals surface area contributed by atoms with E-state index in [2.05, 4.69) is 15.3 Å². The van der Waals surface area contributed by atoms with E-state index in [0.717, 1.165) is 17.2 Å². The van der Waals surface area contributed by atoms with Crippen LogP contribution in [0.1, 0.15) is 37.6 Å². The number of anilines is 1. The van der Waals surface area contributed by atoms with Crippen molar-refractivity contribution < 1.29 is 9.84 Å². The molecular weight excluding hydrogens is 218 g/mol. The van der Waals surface area contributed by atoms with Crippen molar-refractivity contribution in [2.45, 2.75) is 33.1 Å². The molecular formula is C12H21N3O2. The molecule has 0 bridgehead atoms. The highest BCUT2D eigenvalue weighted by Gasteiger charge is 2.13. The summed E-state index contributed by atoms with van der Waals surface area (Å²) in [6.07, 6.45) is 0.606. The molecule has 1 aromatic heterocycles. The fourth-order valence-corrected chi connectivity index (χ4v) is 1.39. The third-order valence-electron chi connectivity index (χ3n) is 2.41. The summed E-state index contributed by atoms with van der Waals surface area (Å²) in [6, 6.07) is 0. The lowest BCUT2D eigenvalue weighted by Crippen LogP contribution is -2.09. The lowest BCUT2D eigenvalue weighted by molar-refractivity contribution is 0.228. The SMILES string of the molecule is CNc1nc(C(C)C)nc(OCCCO)c1C. The van der Waals surface area contributed by atoms with Crippen molar-refractivity contribution in [3.8, 4) is 5.88 Å². The molecule has 1 heterocycles. The maximum Gasteiger partial charge on any atom is 0.221 e. The summed E-state index contributed by atoms with van der Waals surface area (Å²) in [4.78, 5) is 8.82. The standard InChI is InChI=1S/C12H21N3O2/c1-8(2)10-14-11(13-4)9(3)12(15-10)17-7-5-6-16/h8,16H,5-7H2,1-4H3,(H,13,14,15). The molecule has 1 rings (SSSR count). The van der Waals surface area contributed by atoms with Gasteiger partial charge in [-0.2, -0.15) is 4.98 Å². The number of aliphatic hydroxyl groups excluding tert-OH is 1. The lowest BCUT2D eigenvalue weighted by atomic mass is 10.2. The van der Waals surface area contributed by atoms with Gasteiger partial charge in [0.1, 0.15) is 11.6 Å². The summed E-state index contributed by atoms with van der Waals surface area (Å²) in [5.41, 5.74) is 0.898. The first-order valence-electron chi connectivity index (χ1n) is 5.90. The van der Waals surface area contributed by atoms with Crippen LogP contribution in [0, 0.1) is 6.92 Å². The number of hydrogen-bond acceptors (Lipinski definition) is 5. The Kier molecular flexibility index (Phi) is 5.15. The van der Waals surface area contributed by atoms with Gasteiger partial charge in [-0.25, -0.2) is 4.98 Å². The molecule has 0 spiro atoms. The van der Waals surface area contributed by atoms with Crippen molar-refractivity contribution in [2.75, 3.05) is 25.6 Å². The van der Waals surface area contributed by atoms with Gasteiger partial charge in [0.05, 0.1) is 12.2 Å². The second-order valence-corrected chi connectivity index (χ2v) is 4.19. The maximum absolute atomic E-state index is 8.73. The summed E-state index contributed by atoms with van der Waals surface area (Å²) in [5.74, 6) is 2.41. The van der Waals surface area contributed by atoms with Crippen molar-refractivity contribution in [1.82, 2.24) is 9.97 Å². The Hall–Kier alpha value is -1.36. The van der Waals surface area contributed by atoms with Gasteiger partial charge in [-0.3, -0.25) is 0 Å². The van der Waals surface area contributed by atoms with Gasteiger partial charge in [0.2, 0.25) is 5.88 Å². The summed E-state index contributed by atoms with van der Waals surface area (Å²) < 4.78 is 5.56. The fourth-order valence-electron chi connectivity index (χ4n) is 1.39. The van der Waals surface area contributed by atoms with Crippen LogP contribution in [0.2, 0.25) is 0 Å². The van der Waals surface area contributed by atoms with E-state index < -0.39 is 0 Å². The van der Waals surface area contributed by atoms with Gasteiger partial charge >= 0.3 is 0 Å². The van der Waals surface area contributed by atoms with Crippen LogP contribution in [0.3, 0.4) is 0 Å². The molecule has 96 valence electrons. The van der Waals surface area contributed by atoms with Crippen molar-refractivity contribution in [1.29, 1.82) is 0 Å².